The maximum Gasteiger partial charge on any atom is 0.316 e. The summed E-state index contributed by atoms with van der Waals surface area (Å²) in [4.78, 5) is 15.6. The van der Waals surface area contributed by atoms with Crippen molar-refractivity contribution in [2.75, 3.05) is 6.61 Å². The Bertz CT molecular complexity index is 309. The fraction of sp³-hybridized carbons (Fsp3) is 0.667. The number of aryl methyl sites for hydroxylation is 1. The van der Waals surface area contributed by atoms with Crippen molar-refractivity contribution in [3.63, 3.8) is 0 Å². The highest BCUT2D eigenvalue weighted by Gasteiger charge is 2.23. The molecule has 1 aromatic heterocycles. The lowest BCUT2D eigenvalue weighted by atomic mass is 10.1. The number of hydrogen-bond acceptors (Lipinski definition) is 4. The molecule has 1 unspecified atom stereocenters. The summed E-state index contributed by atoms with van der Waals surface area (Å²) < 4.78 is 6.56. The number of nitrogens with zero attached hydrogens (tertiary/aromatic N) is 3. The van der Waals surface area contributed by atoms with Gasteiger partial charge < -0.3 is 4.74 Å². The zero-order valence-electron chi connectivity index (χ0n) is 8.73. The quantitative estimate of drug-likeness (QED) is 0.672. The number of ether oxygens (including phenoxy) is 1. The van der Waals surface area contributed by atoms with E-state index >= 15 is 0 Å². The van der Waals surface area contributed by atoms with E-state index in [-0.39, 0.29) is 11.9 Å². The molecule has 0 saturated heterocycles. The van der Waals surface area contributed by atoms with E-state index in [0.29, 0.717) is 18.9 Å². The molecule has 14 heavy (non-hydrogen) atoms. The summed E-state index contributed by atoms with van der Waals surface area (Å²) in [6, 6.07) is 0. The highest BCUT2D eigenvalue weighted by Crippen LogP contribution is 2.17. The third-order valence-corrected chi connectivity index (χ3v) is 2.04. The van der Waals surface area contributed by atoms with E-state index < -0.39 is 0 Å². The molecule has 0 fully saturated rings. The molecule has 0 bridgehead atoms. The van der Waals surface area contributed by atoms with Gasteiger partial charge in [-0.1, -0.05) is 6.92 Å². The third-order valence-electron chi connectivity index (χ3n) is 2.04. The molecule has 0 aliphatic carbocycles. The monoisotopic (exact) mass is 197 g/mol. The predicted octanol–water partition coefficient (Wildman–Crippen LogP) is 0.872. The van der Waals surface area contributed by atoms with Crippen molar-refractivity contribution in [3.8, 4) is 0 Å². The largest absolute Gasteiger partial charge is 0.465 e. The van der Waals surface area contributed by atoms with Gasteiger partial charge in [-0.2, -0.15) is 5.10 Å². The molecule has 0 aliphatic rings. The molecule has 0 spiro atoms. The molecule has 0 N–H and O–H groups in total. The van der Waals surface area contributed by atoms with E-state index in [1.165, 1.54) is 6.33 Å². The summed E-state index contributed by atoms with van der Waals surface area (Å²) in [7, 11) is 1.77. The van der Waals surface area contributed by atoms with Crippen LogP contribution in [0, 0.1) is 0 Å². The van der Waals surface area contributed by atoms with Crippen molar-refractivity contribution in [3.05, 3.63) is 12.2 Å². The SMILES string of the molecule is CCOC(=O)C(CC)c1ncnn1C. The van der Waals surface area contributed by atoms with Gasteiger partial charge in [0.15, 0.2) is 0 Å². The van der Waals surface area contributed by atoms with Crippen LogP contribution in [0.5, 0.6) is 0 Å². The number of carbonyl (C=O) groups excluding carboxylic acids is 1. The smallest absolute Gasteiger partial charge is 0.316 e. The molecule has 5 nitrogen and oxygen atoms in total. The fourth-order valence-corrected chi connectivity index (χ4v) is 1.32. The van der Waals surface area contributed by atoms with Crippen molar-refractivity contribution in [2.45, 2.75) is 26.2 Å². The Balaban J connectivity index is 2.82. The first kappa shape index (κ1) is 10.7. The van der Waals surface area contributed by atoms with Gasteiger partial charge in [-0.15, -0.1) is 0 Å². The molecule has 0 saturated carbocycles. The van der Waals surface area contributed by atoms with E-state index in [1.807, 2.05) is 6.92 Å². The lowest BCUT2D eigenvalue weighted by Crippen LogP contribution is -2.19. The number of rotatable bonds is 4. The van der Waals surface area contributed by atoms with E-state index in [0.717, 1.165) is 0 Å². The zero-order valence-corrected chi connectivity index (χ0v) is 8.73. The van der Waals surface area contributed by atoms with Crippen molar-refractivity contribution < 1.29 is 9.53 Å². The first-order chi connectivity index (χ1) is 6.70. The first-order valence-corrected chi connectivity index (χ1v) is 4.71. The maximum atomic E-state index is 11.5. The Morgan fingerprint density at radius 2 is 2.36 bits per heavy atom. The Hall–Kier alpha value is -1.39. The second-order valence-corrected chi connectivity index (χ2v) is 2.95. The Labute approximate surface area is 83.1 Å². The molecular formula is C9H15N3O2. The summed E-state index contributed by atoms with van der Waals surface area (Å²) in [5, 5.41) is 3.93. The standard InChI is InChI=1S/C9H15N3O2/c1-4-7(9(13)14-5-2)8-10-6-11-12(8)3/h6-7H,4-5H2,1-3H3. The maximum absolute atomic E-state index is 11.5. The highest BCUT2D eigenvalue weighted by molar-refractivity contribution is 5.76. The van der Waals surface area contributed by atoms with Crippen LogP contribution in [-0.4, -0.2) is 27.3 Å². The summed E-state index contributed by atoms with van der Waals surface area (Å²) in [5.41, 5.74) is 0. The van der Waals surface area contributed by atoms with Gasteiger partial charge in [-0.25, -0.2) is 4.98 Å². The van der Waals surface area contributed by atoms with Crippen LogP contribution >= 0.6 is 0 Å². The van der Waals surface area contributed by atoms with Crippen LogP contribution in [0.15, 0.2) is 6.33 Å². The molecule has 1 atom stereocenters. The Kier molecular flexibility index (Phi) is 3.62. The van der Waals surface area contributed by atoms with Crippen LogP contribution in [0.3, 0.4) is 0 Å². The minimum absolute atomic E-state index is 0.230. The molecule has 0 radical (unpaired) electrons. The average Bonchev–Trinajstić information content (AvgIpc) is 2.54. The van der Waals surface area contributed by atoms with Gasteiger partial charge in [0.2, 0.25) is 0 Å². The van der Waals surface area contributed by atoms with Gasteiger partial charge >= 0.3 is 5.97 Å². The topological polar surface area (TPSA) is 57.0 Å². The molecule has 1 heterocycles. The molecule has 1 aromatic rings. The first-order valence-electron chi connectivity index (χ1n) is 4.71. The van der Waals surface area contributed by atoms with Crippen LogP contribution in [0.2, 0.25) is 0 Å². The minimum Gasteiger partial charge on any atom is -0.465 e. The molecule has 0 amide bonds. The molecular weight excluding hydrogens is 182 g/mol. The van der Waals surface area contributed by atoms with Gasteiger partial charge in [-0.3, -0.25) is 9.48 Å². The van der Waals surface area contributed by atoms with Gasteiger partial charge in [0.05, 0.1) is 6.61 Å². The summed E-state index contributed by atoms with van der Waals surface area (Å²) in [6.45, 7) is 4.12. The minimum atomic E-state index is -0.303. The van der Waals surface area contributed by atoms with Crippen molar-refractivity contribution in [2.24, 2.45) is 7.05 Å². The van der Waals surface area contributed by atoms with Crippen LogP contribution in [0.25, 0.3) is 0 Å². The van der Waals surface area contributed by atoms with Crippen molar-refractivity contribution in [1.29, 1.82) is 0 Å². The van der Waals surface area contributed by atoms with Crippen LogP contribution < -0.4 is 0 Å². The molecule has 1 rings (SSSR count). The Morgan fingerprint density at radius 1 is 1.64 bits per heavy atom. The van der Waals surface area contributed by atoms with E-state index in [9.17, 15) is 4.79 Å². The molecule has 5 heteroatoms. The normalized spacial score (nSPS) is 12.5. The van der Waals surface area contributed by atoms with Crippen LogP contribution in [0.1, 0.15) is 32.0 Å². The summed E-state index contributed by atoms with van der Waals surface area (Å²) in [6.07, 6.45) is 2.11. The Morgan fingerprint density at radius 3 is 2.79 bits per heavy atom. The lowest BCUT2D eigenvalue weighted by Gasteiger charge is -2.11. The molecule has 0 aromatic carbocycles. The second-order valence-electron chi connectivity index (χ2n) is 2.95. The molecule has 0 aliphatic heterocycles. The predicted molar refractivity (Wildman–Crippen MR) is 50.7 cm³/mol. The number of hydrogen-bond donors (Lipinski definition) is 0. The van der Waals surface area contributed by atoms with Gasteiger partial charge in [0, 0.05) is 7.05 Å². The number of esters is 1. The van der Waals surface area contributed by atoms with Gasteiger partial charge in [0.25, 0.3) is 0 Å². The van der Waals surface area contributed by atoms with E-state index in [4.69, 9.17) is 4.74 Å². The average molecular weight is 197 g/mol. The van der Waals surface area contributed by atoms with Crippen molar-refractivity contribution >= 4 is 5.97 Å². The zero-order chi connectivity index (χ0) is 10.6. The van der Waals surface area contributed by atoms with Crippen LogP contribution in [-0.2, 0) is 16.6 Å². The highest BCUT2D eigenvalue weighted by atomic mass is 16.5. The summed E-state index contributed by atoms with van der Waals surface area (Å²) in [5.74, 6) is 0.125. The number of carbonyl (C=O) groups is 1. The fourth-order valence-electron chi connectivity index (χ4n) is 1.32. The van der Waals surface area contributed by atoms with Gasteiger partial charge in [-0.05, 0) is 13.3 Å². The van der Waals surface area contributed by atoms with Gasteiger partial charge in [0.1, 0.15) is 18.1 Å². The van der Waals surface area contributed by atoms with Crippen LogP contribution in [0.4, 0.5) is 0 Å². The molecule has 78 valence electrons. The van der Waals surface area contributed by atoms with E-state index in [1.54, 1.807) is 18.7 Å². The summed E-state index contributed by atoms with van der Waals surface area (Å²) >= 11 is 0. The third kappa shape index (κ3) is 2.10. The lowest BCUT2D eigenvalue weighted by molar-refractivity contribution is -0.145. The number of aromatic nitrogens is 3. The second kappa shape index (κ2) is 4.74. The van der Waals surface area contributed by atoms with E-state index in [2.05, 4.69) is 10.1 Å². The van der Waals surface area contributed by atoms with Crippen molar-refractivity contribution in [1.82, 2.24) is 14.8 Å².